The molecule has 1 aliphatic rings. The quantitative estimate of drug-likeness (QED) is 0.461. The zero-order chi connectivity index (χ0) is 19.2. The summed E-state index contributed by atoms with van der Waals surface area (Å²) in [6.07, 6.45) is 3.65. The Balaban J connectivity index is 1.50. The number of pyridine rings is 1. The average Bonchev–Trinajstić information content (AvgIpc) is 2.72. The van der Waals surface area contributed by atoms with Crippen molar-refractivity contribution in [2.24, 2.45) is 11.7 Å². The highest BCUT2D eigenvalue weighted by molar-refractivity contribution is 5.94. The van der Waals surface area contributed by atoms with Crippen LogP contribution >= 0.6 is 0 Å². The average molecular weight is 368 g/mol. The van der Waals surface area contributed by atoms with Crippen molar-refractivity contribution in [3.8, 4) is 5.75 Å². The molecule has 1 saturated heterocycles. The van der Waals surface area contributed by atoms with E-state index in [0.29, 0.717) is 29.4 Å². The van der Waals surface area contributed by atoms with Crippen LogP contribution in [0.4, 0.5) is 5.82 Å². The summed E-state index contributed by atoms with van der Waals surface area (Å²) in [6.45, 7) is 2.43. The molecule has 0 radical (unpaired) electrons. The van der Waals surface area contributed by atoms with Gasteiger partial charge in [0, 0.05) is 24.8 Å². The van der Waals surface area contributed by atoms with Crippen LogP contribution in [0.15, 0.2) is 42.6 Å². The van der Waals surface area contributed by atoms with Gasteiger partial charge < -0.3 is 20.1 Å². The van der Waals surface area contributed by atoms with Crippen molar-refractivity contribution in [2.75, 3.05) is 31.7 Å². The summed E-state index contributed by atoms with van der Waals surface area (Å²) < 4.78 is 10.6. The molecule has 142 valence electrons. The zero-order valence-corrected chi connectivity index (χ0v) is 15.4. The highest BCUT2D eigenvalue weighted by Gasteiger charge is 2.21. The van der Waals surface area contributed by atoms with E-state index in [1.165, 1.54) is 7.11 Å². The van der Waals surface area contributed by atoms with Gasteiger partial charge in [-0.05, 0) is 49.1 Å². The number of nitrogens with two attached hydrogens (primary N) is 1. The second kappa shape index (κ2) is 8.53. The molecule has 0 amide bonds. The number of methoxy groups -OCH3 is 1. The first-order chi connectivity index (χ1) is 13.1. The van der Waals surface area contributed by atoms with E-state index in [1.54, 1.807) is 24.4 Å². The monoisotopic (exact) mass is 368 g/mol. The molecule has 7 nitrogen and oxygen atoms in total. The lowest BCUT2D eigenvalue weighted by Gasteiger charge is -2.32. The van der Waals surface area contributed by atoms with Gasteiger partial charge in [-0.2, -0.15) is 0 Å². The predicted molar refractivity (Wildman–Crippen MR) is 103 cm³/mol. The normalized spacial score (nSPS) is 14.6. The molecule has 27 heavy (non-hydrogen) atoms. The van der Waals surface area contributed by atoms with Gasteiger partial charge in [-0.15, -0.1) is 0 Å². The summed E-state index contributed by atoms with van der Waals surface area (Å²) in [5, 5.41) is 7.43. The van der Waals surface area contributed by atoms with Crippen LogP contribution in [-0.4, -0.2) is 43.6 Å². The predicted octanol–water partition coefficient (Wildman–Crippen LogP) is 2.45. The van der Waals surface area contributed by atoms with Crippen LogP contribution in [0.1, 0.15) is 28.8 Å². The minimum absolute atomic E-state index is 0.0289. The molecule has 0 spiro atoms. The van der Waals surface area contributed by atoms with Gasteiger partial charge in [0.25, 0.3) is 0 Å². The standard InChI is InChI=1S/C20H24N4O3/c1-26-20(25)15-3-2-4-17(11-15)27-13-14-7-9-24(10-8-14)18-6-5-16(12-23-18)19(21)22/h2-6,11-12,14H,7-10,13H2,1H3,(H3,21,22). The van der Waals surface area contributed by atoms with E-state index < -0.39 is 0 Å². The fraction of sp³-hybridized carbons (Fsp3) is 0.350. The smallest absolute Gasteiger partial charge is 0.337 e. The van der Waals surface area contributed by atoms with Crippen molar-refractivity contribution >= 4 is 17.6 Å². The molecule has 0 saturated carbocycles. The molecule has 0 aliphatic carbocycles. The molecule has 1 aromatic carbocycles. The Morgan fingerprint density at radius 2 is 2.04 bits per heavy atom. The van der Waals surface area contributed by atoms with E-state index in [4.69, 9.17) is 20.6 Å². The second-order valence-corrected chi connectivity index (χ2v) is 6.58. The maximum atomic E-state index is 11.6. The molecule has 3 rings (SSSR count). The molecular formula is C20H24N4O3. The molecule has 0 bridgehead atoms. The highest BCUT2D eigenvalue weighted by atomic mass is 16.5. The first kappa shape index (κ1) is 18.7. The number of esters is 1. The van der Waals surface area contributed by atoms with Gasteiger partial charge in [-0.1, -0.05) is 6.07 Å². The number of anilines is 1. The van der Waals surface area contributed by atoms with Crippen LogP contribution in [0, 0.1) is 11.3 Å². The third-order valence-electron chi connectivity index (χ3n) is 4.74. The number of rotatable bonds is 6. The van der Waals surface area contributed by atoms with Gasteiger partial charge in [0.1, 0.15) is 17.4 Å². The Bertz CT molecular complexity index is 799. The van der Waals surface area contributed by atoms with Crippen molar-refractivity contribution in [3.05, 3.63) is 53.7 Å². The molecule has 2 heterocycles. The summed E-state index contributed by atoms with van der Waals surface area (Å²) in [6, 6.07) is 10.8. The SMILES string of the molecule is COC(=O)c1cccc(OCC2CCN(c3ccc(C(=N)N)cn3)CC2)c1. The van der Waals surface area contributed by atoms with Crippen LogP contribution in [0.2, 0.25) is 0 Å². The summed E-state index contributed by atoms with van der Waals surface area (Å²) in [5.74, 6) is 1.71. The number of aromatic nitrogens is 1. The van der Waals surface area contributed by atoms with Gasteiger partial charge in [0.2, 0.25) is 0 Å². The van der Waals surface area contributed by atoms with Gasteiger partial charge in [0.05, 0.1) is 19.3 Å². The zero-order valence-electron chi connectivity index (χ0n) is 15.4. The van der Waals surface area contributed by atoms with E-state index in [1.807, 2.05) is 18.2 Å². The fourth-order valence-electron chi connectivity index (χ4n) is 3.11. The minimum Gasteiger partial charge on any atom is -0.493 e. The Labute approximate surface area is 158 Å². The number of nitrogens with zero attached hydrogens (tertiary/aromatic N) is 2. The summed E-state index contributed by atoms with van der Waals surface area (Å²) in [7, 11) is 1.37. The lowest BCUT2D eigenvalue weighted by atomic mass is 9.98. The number of nitrogen functional groups attached to an aromatic ring is 1. The number of benzene rings is 1. The Morgan fingerprint density at radius 1 is 1.26 bits per heavy atom. The topological polar surface area (TPSA) is 102 Å². The van der Waals surface area contributed by atoms with Crippen molar-refractivity contribution in [2.45, 2.75) is 12.8 Å². The Morgan fingerprint density at radius 3 is 2.67 bits per heavy atom. The van der Waals surface area contributed by atoms with Gasteiger partial charge in [0.15, 0.2) is 0 Å². The molecular weight excluding hydrogens is 344 g/mol. The maximum absolute atomic E-state index is 11.6. The van der Waals surface area contributed by atoms with Crippen LogP contribution in [0.5, 0.6) is 5.75 Å². The second-order valence-electron chi connectivity index (χ2n) is 6.58. The van der Waals surface area contributed by atoms with Crippen molar-refractivity contribution in [1.29, 1.82) is 5.41 Å². The summed E-state index contributed by atoms with van der Waals surface area (Å²) in [4.78, 5) is 18.2. The number of hydrogen-bond donors (Lipinski definition) is 2. The fourth-order valence-corrected chi connectivity index (χ4v) is 3.11. The molecule has 0 atom stereocenters. The third-order valence-corrected chi connectivity index (χ3v) is 4.74. The minimum atomic E-state index is -0.364. The van der Waals surface area contributed by atoms with E-state index in [0.717, 1.165) is 31.7 Å². The van der Waals surface area contributed by atoms with E-state index in [2.05, 4.69) is 9.88 Å². The van der Waals surface area contributed by atoms with Crippen LogP contribution < -0.4 is 15.4 Å². The molecule has 0 unspecified atom stereocenters. The molecule has 2 aromatic rings. The van der Waals surface area contributed by atoms with E-state index in [-0.39, 0.29) is 11.8 Å². The van der Waals surface area contributed by atoms with Crippen molar-refractivity contribution in [3.63, 3.8) is 0 Å². The number of ether oxygens (including phenoxy) is 2. The number of hydrogen-bond acceptors (Lipinski definition) is 6. The van der Waals surface area contributed by atoms with E-state index >= 15 is 0 Å². The van der Waals surface area contributed by atoms with Crippen molar-refractivity contribution < 1.29 is 14.3 Å². The lowest BCUT2D eigenvalue weighted by Crippen LogP contribution is -2.36. The molecule has 3 N–H and O–H groups in total. The number of carbonyl (C=O) groups excluding carboxylic acids is 1. The third kappa shape index (κ3) is 4.75. The number of carbonyl (C=O) groups is 1. The van der Waals surface area contributed by atoms with Gasteiger partial charge >= 0.3 is 5.97 Å². The van der Waals surface area contributed by atoms with Crippen LogP contribution in [-0.2, 0) is 4.74 Å². The molecule has 7 heteroatoms. The first-order valence-electron chi connectivity index (χ1n) is 8.93. The number of amidine groups is 1. The Hall–Kier alpha value is -3.09. The summed E-state index contributed by atoms with van der Waals surface area (Å²) in [5.41, 5.74) is 6.59. The largest absolute Gasteiger partial charge is 0.493 e. The molecule has 1 aliphatic heterocycles. The first-order valence-corrected chi connectivity index (χ1v) is 8.93. The van der Waals surface area contributed by atoms with Crippen LogP contribution in [0.25, 0.3) is 0 Å². The van der Waals surface area contributed by atoms with Crippen LogP contribution in [0.3, 0.4) is 0 Å². The lowest BCUT2D eigenvalue weighted by molar-refractivity contribution is 0.0600. The Kier molecular flexibility index (Phi) is 5.90. The molecule has 1 aromatic heterocycles. The van der Waals surface area contributed by atoms with E-state index in [9.17, 15) is 4.79 Å². The van der Waals surface area contributed by atoms with Gasteiger partial charge in [-0.25, -0.2) is 9.78 Å². The number of piperidine rings is 1. The molecule has 1 fully saturated rings. The number of nitrogens with one attached hydrogen (secondary N) is 1. The van der Waals surface area contributed by atoms with Gasteiger partial charge in [-0.3, -0.25) is 5.41 Å². The summed E-state index contributed by atoms with van der Waals surface area (Å²) >= 11 is 0. The highest BCUT2D eigenvalue weighted by Crippen LogP contribution is 2.23. The van der Waals surface area contributed by atoms with Crippen molar-refractivity contribution in [1.82, 2.24) is 4.98 Å². The maximum Gasteiger partial charge on any atom is 0.337 e.